The van der Waals surface area contributed by atoms with Crippen LogP contribution in [0.4, 0.5) is 19.1 Å². The van der Waals surface area contributed by atoms with Gasteiger partial charge in [-0.15, -0.1) is 0 Å². The molecule has 0 spiro atoms. The van der Waals surface area contributed by atoms with Gasteiger partial charge in [0, 0.05) is 24.5 Å². The van der Waals surface area contributed by atoms with E-state index in [4.69, 9.17) is 10.5 Å². The molecule has 1 amide bonds. The number of pyridine rings is 1. The van der Waals surface area contributed by atoms with Crippen LogP contribution in [-0.4, -0.2) is 27.0 Å². The molecule has 156 valence electrons. The maximum Gasteiger partial charge on any atom is 0.423 e. The molecule has 0 aliphatic carbocycles. The van der Waals surface area contributed by atoms with E-state index in [0.29, 0.717) is 6.20 Å². The Balaban J connectivity index is 1.74. The molecule has 3 aromatic rings. The summed E-state index contributed by atoms with van der Waals surface area (Å²) in [5.74, 6) is -1.76. The van der Waals surface area contributed by atoms with E-state index in [1.165, 1.54) is 6.92 Å². The number of primary amides is 1. The Hall–Kier alpha value is -3.69. The van der Waals surface area contributed by atoms with Crippen molar-refractivity contribution >= 4 is 11.9 Å². The average molecular weight is 417 g/mol. The molecule has 0 aliphatic heterocycles. The number of ether oxygens (including phenoxy) is 1. The number of amides is 1. The van der Waals surface area contributed by atoms with E-state index in [1.54, 1.807) is 6.20 Å². The lowest BCUT2D eigenvalue weighted by Crippen LogP contribution is -2.31. The number of rotatable bonds is 7. The molecule has 0 fully saturated rings. The van der Waals surface area contributed by atoms with Crippen LogP contribution in [-0.2, 0) is 17.5 Å². The standard InChI is InChI=1S/C20H18F3N5O2/c1-12(17(24)29)30-18-15(20(21,22)23)11-27-19(28-18)26-10-13-5-7-14(8-6-13)16-4-2-3-9-25-16/h2-9,11-12H,10H2,1H3,(H2,24,29)(H,26,27,28)/t12-/m1/s1. The molecule has 0 aliphatic rings. The number of hydrogen-bond acceptors (Lipinski definition) is 6. The number of halogens is 3. The minimum atomic E-state index is -4.74. The first-order valence-corrected chi connectivity index (χ1v) is 8.88. The molecule has 3 N–H and O–H groups in total. The van der Waals surface area contributed by atoms with Crippen LogP contribution in [0.2, 0.25) is 0 Å². The molecule has 10 heteroatoms. The highest BCUT2D eigenvalue weighted by Gasteiger charge is 2.37. The van der Waals surface area contributed by atoms with Gasteiger partial charge in [0.25, 0.3) is 5.91 Å². The molecule has 0 bridgehead atoms. The zero-order valence-electron chi connectivity index (χ0n) is 15.8. The van der Waals surface area contributed by atoms with Gasteiger partial charge in [-0.05, 0) is 24.6 Å². The zero-order valence-corrected chi connectivity index (χ0v) is 15.8. The summed E-state index contributed by atoms with van der Waals surface area (Å²) < 4.78 is 44.5. The summed E-state index contributed by atoms with van der Waals surface area (Å²) in [7, 11) is 0. The number of nitrogens with zero attached hydrogens (tertiary/aromatic N) is 3. The maximum atomic E-state index is 13.2. The SMILES string of the molecule is C[C@@H](Oc1nc(NCc2ccc(-c3ccccn3)cc2)ncc1C(F)(F)F)C(N)=O. The molecule has 2 heterocycles. The number of benzene rings is 1. The third-order valence-corrected chi connectivity index (χ3v) is 4.11. The minimum absolute atomic E-state index is 0.0801. The van der Waals surface area contributed by atoms with E-state index in [9.17, 15) is 18.0 Å². The summed E-state index contributed by atoms with van der Waals surface area (Å²) in [4.78, 5) is 22.9. The molecule has 1 atom stereocenters. The highest BCUT2D eigenvalue weighted by atomic mass is 19.4. The van der Waals surface area contributed by atoms with E-state index in [-0.39, 0.29) is 12.5 Å². The zero-order chi connectivity index (χ0) is 21.7. The second-order valence-corrected chi connectivity index (χ2v) is 6.34. The quantitative estimate of drug-likeness (QED) is 0.611. The fraction of sp³-hybridized carbons (Fsp3) is 0.200. The topological polar surface area (TPSA) is 103 Å². The van der Waals surface area contributed by atoms with Crippen LogP contribution in [0.25, 0.3) is 11.3 Å². The van der Waals surface area contributed by atoms with Crippen LogP contribution >= 0.6 is 0 Å². The second-order valence-electron chi connectivity index (χ2n) is 6.34. The Kier molecular flexibility index (Phi) is 6.14. The van der Waals surface area contributed by atoms with Crippen LogP contribution in [0.5, 0.6) is 5.88 Å². The van der Waals surface area contributed by atoms with Gasteiger partial charge in [0.2, 0.25) is 11.8 Å². The van der Waals surface area contributed by atoms with Gasteiger partial charge in [0.1, 0.15) is 5.56 Å². The molecule has 0 saturated carbocycles. The summed E-state index contributed by atoms with van der Waals surface area (Å²) >= 11 is 0. The molecule has 0 saturated heterocycles. The van der Waals surface area contributed by atoms with Crippen molar-refractivity contribution in [1.82, 2.24) is 15.0 Å². The van der Waals surface area contributed by atoms with E-state index in [0.717, 1.165) is 16.8 Å². The molecule has 0 unspecified atom stereocenters. The van der Waals surface area contributed by atoms with Gasteiger partial charge in [-0.3, -0.25) is 9.78 Å². The van der Waals surface area contributed by atoms with E-state index < -0.39 is 29.6 Å². The Bertz CT molecular complexity index is 1010. The Morgan fingerprint density at radius 1 is 1.17 bits per heavy atom. The number of carbonyl (C=O) groups excluding carboxylic acids is 1. The molecule has 30 heavy (non-hydrogen) atoms. The Morgan fingerprint density at radius 2 is 1.90 bits per heavy atom. The van der Waals surface area contributed by atoms with Crippen molar-refractivity contribution in [3.8, 4) is 17.1 Å². The minimum Gasteiger partial charge on any atom is -0.464 e. The molecule has 7 nitrogen and oxygen atoms in total. The molecule has 2 aromatic heterocycles. The normalized spacial score (nSPS) is 12.3. The molecule has 0 radical (unpaired) electrons. The van der Waals surface area contributed by atoms with Crippen molar-refractivity contribution in [2.75, 3.05) is 5.32 Å². The lowest BCUT2D eigenvalue weighted by atomic mass is 10.1. The molecule has 3 rings (SSSR count). The maximum absolute atomic E-state index is 13.2. The number of anilines is 1. The molecular weight excluding hydrogens is 399 g/mol. The highest BCUT2D eigenvalue weighted by molar-refractivity contribution is 5.78. The molecular formula is C20H18F3N5O2. The summed E-state index contributed by atoms with van der Waals surface area (Å²) in [6.45, 7) is 1.50. The van der Waals surface area contributed by atoms with Crippen molar-refractivity contribution in [3.05, 3.63) is 66.0 Å². The Labute approximate surface area is 170 Å². The van der Waals surface area contributed by atoms with Crippen LogP contribution in [0.3, 0.4) is 0 Å². The third kappa shape index (κ3) is 5.22. The number of carbonyl (C=O) groups is 1. The van der Waals surface area contributed by atoms with Gasteiger partial charge >= 0.3 is 6.18 Å². The lowest BCUT2D eigenvalue weighted by molar-refractivity contribution is -0.141. The highest BCUT2D eigenvalue weighted by Crippen LogP contribution is 2.35. The number of nitrogens with two attached hydrogens (primary N) is 1. The third-order valence-electron chi connectivity index (χ3n) is 4.11. The van der Waals surface area contributed by atoms with Crippen molar-refractivity contribution in [1.29, 1.82) is 0 Å². The number of alkyl halides is 3. The molecule has 1 aromatic carbocycles. The largest absolute Gasteiger partial charge is 0.464 e. The van der Waals surface area contributed by atoms with Gasteiger partial charge < -0.3 is 15.8 Å². The second kappa shape index (κ2) is 8.76. The van der Waals surface area contributed by atoms with Crippen molar-refractivity contribution in [2.45, 2.75) is 25.7 Å². The number of aromatic nitrogens is 3. The lowest BCUT2D eigenvalue weighted by Gasteiger charge is -2.16. The predicted molar refractivity (Wildman–Crippen MR) is 103 cm³/mol. The van der Waals surface area contributed by atoms with Gasteiger partial charge in [-0.1, -0.05) is 30.3 Å². The van der Waals surface area contributed by atoms with Gasteiger partial charge in [-0.25, -0.2) is 4.98 Å². The first-order valence-electron chi connectivity index (χ1n) is 8.88. The van der Waals surface area contributed by atoms with Crippen LogP contribution in [0.1, 0.15) is 18.1 Å². The van der Waals surface area contributed by atoms with Crippen molar-refractivity contribution < 1.29 is 22.7 Å². The summed E-state index contributed by atoms with van der Waals surface area (Å²) in [6.07, 6.45) is -3.73. The van der Waals surface area contributed by atoms with Crippen LogP contribution < -0.4 is 15.8 Å². The summed E-state index contributed by atoms with van der Waals surface area (Å²) in [5.41, 5.74) is 6.48. The van der Waals surface area contributed by atoms with Crippen LogP contribution in [0, 0.1) is 0 Å². The average Bonchev–Trinajstić information content (AvgIpc) is 2.72. The van der Waals surface area contributed by atoms with E-state index in [2.05, 4.69) is 20.3 Å². The smallest absolute Gasteiger partial charge is 0.423 e. The van der Waals surface area contributed by atoms with Gasteiger partial charge in [0.05, 0.1) is 5.69 Å². The van der Waals surface area contributed by atoms with Crippen molar-refractivity contribution in [2.24, 2.45) is 5.73 Å². The van der Waals surface area contributed by atoms with Gasteiger partial charge in [-0.2, -0.15) is 18.2 Å². The monoisotopic (exact) mass is 417 g/mol. The fourth-order valence-corrected chi connectivity index (χ4v) is 2.47. The van der Waals surface area contributed by atoms with E-state index in [1.807, 2.05) is 42.5 Å². The van der Waals surface area contributed by atoms with Crippen LogP contribution in [0.15, 0.2) is 54.9 Å². The Morgan fingerprint density at radius 3 is 2.50 bits per heavy atom. The summed E-state index contributed by atoms with van der Waals surface area (Å²) in [5, 5.41) is 2.84. The fourth-order valence-electron chi connectivity index (χ4n) is 2.47. The predicted octanol–water partition coefficient (Wildman–Crippen LogP) is 3.42. The first kappa shape index (κ1) is 21.0. The first-order chi connectivity index (χ1) is 14.2. The summed E-state index contributed by atoms with van der Waals surface area (Å²) in [6, 6.07) is 13.1. The van der Waals surface area contributed by atoms with Gasteiger partial charge in [0.15, 0.2) is 6.10 Å². The van der Waals surface area contributed by atoms with Crippen molar-refractivity contribution in [3.63, 3.8) is 0 Å². The number of nitrogens with one attached hydrogen (secondary N) is 1. The number of hydrogen-bond donors (Lipinski definition) is 2. The van der Waals surface area contributed by atoms with E-state index >= 15 is 0 Å².